The van der Waals surface area contributed by atoms with Crippen LogP contribution in [-0.4, -0.2) is 24.5 Å². The summed E-state index contributed by atoms with van der Waals surface area (Å²) < 4.78 is 0. The maximum Gasteiger partial charge on any atom is 0.00402 e. The minimum absolute atomic E-state index is 0.700. The van der Waals surface area contributed by atoms with Gasteiger partial charge in [0.25, 0.3) is 0 Å². The van der Waals surface area contributed by atoms with Crippen molar-refractivity contribution in [3.63, 3.8) is 0 Å². The standard InChI is InChI=1S/C11H23N/c1-5-12(6-2)9-11(7-8-11)10(3)4/h10H,5-9H2,1-4H3. The van der Waals surface area contributed by atoms with Crippen LogP contribution >= 0.6 is 0 Å². The first-order valence-electron chi connectivity index (χ1n) is 5.37. The first-order valence-corrected chi connectivity index (χ1v) is 5.37. The maximum atomic E-state index is 2.56. The molecule has 0 aromatic heterocycles. The molecular formula is C11H23N. The van der Waals surface area contributed by atoms with Gasteiger partial charge in [-0.15, -0.1) is 0 Å². The Labute approximate surface area is 77.1 Å². The van der Waals surface area contributed by atoms with Crippen LogP contribution in [0, 0.1) is 11.3 Å². The lowest BCUT2D eigenvalue weighted by Crippen LogP contribution is -2.32. The zero-order valence-electron chi connectivity index (χ0n) is 9.06. The summed E-state index contributed by atoms with van der Waals surface area (Å²) in [5.41, 5.74) is 0.700. The molecule has 0 unspecified atom stereocenters. The molecule has 1 rings (SSSR count). The Morgan fingerprint density at radius 2 is 1.67 bits per heavy atom. The molecule has 0 aliphatic heterocycles. The van der Waals surface area contributed by atoms with Crippen molar-refractivity contribution in [3.05, 3.63) is 0 Å². The van der Waals surface area contributed by atoms with Crippen molar-refractivity contribution in [2.45, 2.75) is 40.5 Å². The van der Waals surface area contributed by atoms with Gasteiger partial charge in [-0.25, -0.2) is 0 Å². The van der Waals surface area contributed by atoms with Gasteiger partial charge in [-0.3, -0.25) is 0 Å². The molecule has 0 bridgehead atoms. The van der Waals surface area contributed by atoms with Crippen molar-refractivity contribution in [1.29, 1.82) is 0 Å². The highest BCUT2D eigenvalue weighted by atomic mass is 15.1. The average molecular weight is 169 g/mol. The molecule has 0 N–H and O–H groups in total. The van der Waals surface area contributed by atoms with Crippen molar-refractivity contribution in [2.24, 2.45) is 11.3 Å². The van der Waals surface area contributed by atoms with Crippen LogP contribution in [0.3, 0.4) is 0 Å². The largest absolute Gasteiger partial charge is 0.303 e. The lowest BCUT2D eigenvalue weighted by atomic mass is 9.92. The maximum absolute atomic E-state index is 2.56. The Morgan fingerprint density at radius 3 is 1.92 bits per heavy atom. The second kappa shape index (κ2) is 3.78. The van der Waals surface area contributed by atoms with Gasteiger partial charge in [0.1, 0.15) is 0 Å². The van der Waals surface area contributed by atoms with Gasteiger partial charge in [-0.2, -0.15) is 0 Å². The number of rotatable bonds is 5. The first kappa shape index (κ1) is 10.0. The molecule has 0 heterocycles. The molecule has 0 radical (unpaired) electrons. The molecule has 0 aromatic rings. The first-order chi connectivity index (χ1) is 5.64. The van der Waals surface area contributed by atoms with Crippen LogP contribution in [0.4, 0.5) is 0 Å². The highest BCUT2D eigenvalue weighted by Crippen LogP contribution is 2.52. The molecule has 0 spiro atoms. The third-order valence-corrected chi connectivity index (χ3v) is 3.55. The summed E-state index contributed by atoms with van der Waals surface area (Å²) in [6.45, 7) is 13.0. The Balaban J connectivity index is 2.38. The predicted molar refractivity (Wildman–Crippen MR) is 54.3 cm³/mol. The predicted octanol–water partition coefficient (Wildman–Crippen LogP) is 2.76. The molecule has 1 aliphatic rings. The van der Waals surface area contributed by atoms with Crippen molar-refractivity contribution in [3.8, 4) is 0 Å². The number of hydrogen-bond acceptors (Lipinski definition) is 1. The summed E-state index contributed by atoms with van der Waals surface area (Å²) in [4.78, 5) is 2.56. The Morgan fingerprint density at radius 1 is 1.17 bits per heavy atom. The van der Waals surface area contributed by atoms with E-state index in [1.807, 2.05) is 0 Å². The molecule has 0 amide bonds. The van der Waals surface area contributed by atoms with Gasteiger partial charge in [0.05, 0.1) is 0 Å². The monoisotopic (exact) mass is 169 g/mol. The second-order valence-corrected chi connectivity index (χ2v) is 4.48. The Hall–Kier alpha value is -0.0400. The summed E-state index contributed by atoms with van der Waals surface area (Å²) in [5, 5.41) is 0. The molecule has 0 saturated heterocycles. The molecule has 0 atom stereocenters. The molecule has 12 heavy (non-hydrogen) atoms. The van der Waals surface area contributed by atoms with Gasteiger partial charge in [-0.1, -0.05) is 27.7 Å². The quantitative estimate of drug-likeness (QED) is 0.611. The zero-order valence-corrected chi connectivity index (χ0v) is 9.06. The summed E-state index contributed by atoms with van der Waals surface area (Å²) in [6.07, 6.45) is 2.92. The van der Waals surface area contributed by atoms with Crippen LogP contribution in [0.1, 0.15) is 40.5 Å². The van der Waals surface area contributed by atoms with Gasteiger partial charge in [-0.05, 0) is 37.3 Å². The van der Waals surface area contributed by atoms with E-state index in [0.717, 1.165) is 5.92 Å². The highest BCUT2D eigenvalue weighted by molar-refractivity contribution is 4.97. The SMILES string of the molecule is CCN(CC)CC1(C(C)C)CC1. The van der Waals surface area contributed by atoms with Crippen LogP contribution in [0.5, 0.6) is 0 Å². The van der Waals surface area contributed by atoms with Gasteiger partial charge in [0.2, 0.25) is 0 Å². The lowest BCUT2D eigenvalue weighted by molar-refractivity contribution is 0.201. The molecule has 0 aromatic carbocycles. The Kier molecular flexibility index (Phi) is 3.16. The van der Waals surface area contributed by atoms with E-state index in [0.29, 0.717) is 5.41 Å². The van der Waals surface area contributed by atoms with Gasteiger partial charge in [0, 0.05) is 6.54 Å². The third-order valence-electron chi connectivity index (χ3n) is 3.55. The smallest absolute Gasteiger partial charge is 0.00402 e. The summed E-state index contributed by atoms with van der Waals surface area (Å²) in [5.74, 6) is 0.873. The van der Waals surface area contributed by atoms with Gasteiger partial charge < -0.3 is 4.90 Å². The van der Waals surface area contributed by atoms with E-state index in [2.05, 4.69) is 32.6 Å². The van der Waals surface area contributed by atoms with Crippen molar-refractivity contribution >= 4 is 0 Å². The van der Waals surface area contributed by atoms with Crippen LogP contribution in [0.15, 0.2) is 0 Å². The summed E-state index contributed by atoms with van der Waals surface area (Å²) in [6, 6.07) is 0. The van der Waals surface area contributed by atoms with E-state index in [1.54, 1.807) is 0 Å². The number of nitrogens with zero attached hydrogens (tertiary/aromatic N) is 1. The van der Waals surface area contributed by atoms with Crippen LogP contribution in [0.25, 0.3) is 0 Å². The fourth-order valence-electron chi connectivity index (χ4n) is 1.97. The Bertz CT molecular complexity index is 132. The molecule has 72 valence electrons. The molecule has 1 fully saturated rings. The van der Waals surface area contributed by atoms with Crippen LogP contribution in [0.2, 0.25) is 0 Å². The fourth-order valence-corrected chi connectivity index (χ4v) is 1.97. The van der Waals surface area contributed by atoms with Gasteiger partial charge >= 0.3 is 0 Å². The highest BCUT2D eigenvalue weighted by Gasteiger charge is 2.45. The van der Waals surface area contributed by atoms with E-state index in [1.165, 1.54) is 32.5 Å². The molecular weight excluding hydrogens is 146 g/mol. The molecule has 1 aliphatic carbocycles. The molecule has 1 nitrogen and oxygen atoms in total. The van der Waals surface area contributed by atoms with Crippen molar-refractivity contribution in [1.82, 2.24) is 4.90 Å². The van der Waals surface area contributed by atoms with Crippen LogP contribution in [-0.2, 0) is 0 Å². The minimum atomic E-state index is 0.700. The molecule has 1 heteroatoms. The zero-order chi connectivity index (χ0) is 9.19. The lowest BCUT2D eigenvalue weighted by Gasteiger charge is -2.27. The number of hydrogen-bond donors (Lipinski definition) is 0. The second-order valence-electron chi connectivity index (χ2n) is 4.48. The van der Waals surface area contributed by atoms with Crippen LogP contribution < -0.4 is 0 Å². The summed E-state index contributed by atoms with van der Waals surface area (Å²) >= 11 is 0. The van der Waals surface area contributed by atoms with E-state index < -0.39 is 0 Å². The van der Waals surface area contributed by atoms with E-state index >= 15 is 0 Å². The summed E-state index contributed by atoms with van der Waals surface area (Å²) in [7, 11) is 0. The normalized spacial score (nSPS) is 20.5. The van der Waals surface area contributed by atoms with E-state index in [-0.39, 0.29) is 0 Å². The third kappa shape index (κ3) is 2.01. The van der Waals surface area contributed by atoms with E-state index in [4.69, 9.17) is 0 Å². The van der Waals surface area contributed by atoms with Gasteiger partial charge in [0.15, 0.2) is 0 Å². The van der Waals surface area contributed by atoms with Crippen molar-refractivity contribution < 1.29 is 0 Å². The fraction of sp³-hybridized carbons (Fsp3) is 1.00. The minimum Gasteiger partial charge on any atom is -0.303 e. The topological polar surface area (TPSA) is 3.24 Å². The average Bonchev–Trinajstić information content (AvgIpc) is 2.81. The molecule has 1 saturated carbocycles. The van der Waals surface area contributed by atoms with E-state index in [9.17, 15) is 0 Å². The van der Waals surface area contributed by atoms with Crippen molar-refractivity contribution in [2.75, 3.05) is 19.6 Å².